The third-order valence-corrected chi connectivity index (χ3v) is 6.37. The summed E-state index contributed by atoms with van der Waals surface area (Å²) in [6.45, 7) is 5.64. The monoisotopic (exact) mass is 468 g/mol. The number of ether oxygens (including phenoxy) is 1. The fourth-order valence-corrected chi connectivity index (χ4v) is 4.44. The average Bonchev–Trinajstić information content (AvgIpc) is 3.13. The van der Waals surface area contributed by atoms with Crippen LogP contribution in [0, 0.1) is 20.8 Å². The summed E-state index contributed by atoms with van der Waals surface area (Å²) in [6.07, 6.45) is 0. The van der Waals surface area contributed by atoms with Crippen molar-refractivity contribution in [3.8, 4) is 5.75 Å². The SMILES string of the molecule is Cc1ccc2oc3c(c(=O)c2c1)C(c1ccc(OCC(N)=O)cc1)N(c1ccc(C)c(C)c1)C3=O. The molecule has 7 nitrogen and oxygen atoms in total. The molecule has 3 aromatic carbocycles. The maximum Gasteiger partial charge on any atom is 0.295 e. The maximum atomic E-state index is 13.7. The van der Waals surface area contributed by atoms with E-state index < -0.39 is 11.9 Å². The minimum absolute atomic E-state index is 0.0450. The molecule has 1 aliphatic heterocycles. The van der Waals surface area contributed by atoms with Gasteiger partial charge in [0, 0.05) is 5.69 Å². The number of carbonyl (C=O) groups is 2. The number of primary amides is 1. The number of hydrogen-bond donors (Lipinski definition) is 1. The van der Waals surface area contributed by atoms with E-state index in [2.05, 4.69) is 0 Å². The van der Waals surface area contributed by atoms with Crippen LogP contribution in [0.4, 0.5) is 5.69 Å². The predicted molar refractivity (Wildman–Crippen MR) is 133 cm³/mol. The molecule has 2 amide bonds. The Morgan fingerprint density at radius 3 is 2.40 bits per heavy atom. The zero-order valence-corrected chi connectivity index (χ0v) is 19.6. The van der Waals surface area contributed by atoms with Crippen molar-refractivity contribution in [1.82, 2.24) is 0 Å². The molecule has 2 N–H and O–H groups in total. The summed E-state index contributed by atoms with van der Waals surface area (Å²) in [5.74, 6) is -0.452. The first-order valence-electron chi connectivity index (χ1n) is 11.2. The second kappa shape index (κ2) is 8.43. The van der Waals surface area contributed by atoms with Crippen LogP contribution in [0.1, 0.15) is 44.4 Å². The van der Waals surface area contributed by atoms with Gasteiger partial charge >= 0.3 is 0 Å². The zero-order chi connectivity index (χ0) is 24.9. The molecule has 0 saturated carbocycles. The Morgan fingerprint density at radius 1 is 0.971 bits per heavy atom. The summed E-state index contributed by atoms with van der Waals surface area (Å²) in [5.41, 5.74) is 10.0. The maximum absolute atomic E-state index is 13.7. The molecule has 1 aliphatic rings. The van der Waals surface area contributed by atoms with Crippen LogP contribution in [0.15, 0.2) is 69.9 Å². The van der Waals surface area contributed by atoms with E-state index in [1.165, 1.54) is 0 Å². The molecule has 35 heavy (non-hydrogen) atoms. The van der Waals surface area contributed by atoms with E-state index in [4.69, 9.17) is 14.9 Å². The van der Waals surface area contributed by atoms with Crippen LogP contribution in [-0.2, 0) is 4.79 Å². The third-order valence-electron chi connectivity index (χ3n) is 6.37. The van der Waals surface area contributed by atoms with Gasteiger partial charge in [-0.05, 0) is 73.9 Å². The highest BCUT2D eigenvalue weighted by Crippen LogP contribution is 2.42. The van der Waals surface area contributed by atoms with Crippen LogP contribution in [0.25, 0.3) is 11.0 Å². The molecule has 176 valence electrons. The summed E-state index contributed by atoms with van der Waals surface area (Å²) in [5, 5.41) is 0.435. The molecule has 4 aromatic rings. The molecule has 0 bridgehead atoms. The van der Waals surface area contributed by atoms with Gasteiger partial charge in [-0.1, -0.05) is 29.8 Å². The van der Waals surface area contributed by atoms with Crippen molar-refractivity contribution in [3.05, 3.63) is 104 Å². The Kier molecular flexibility index (Phi) is 5.40. The van der Waals surface area contributed by atoms with Crippen LogP contribution in [0.5, 0.6) is 5.75 Å². The Morgan fingerprint density at radius 2 is 1.71 bits per heavy atom. The number of carbonyl (C=O) groups excluding carboxylic acids is 2. The van der Waals surface area contributed by atoms with Gasteiger partial charge in [-0.2, -0.15) is 0 Å². The molecule has 0 fully saturated rings. The highest BCUT2D eigenvalue weighted by molar-refractivity contribution is 6.10. The minimum atomic E-state index is -0.689. The Balaban J connectivity index is 1.71. The fraction of sp³-hybridized carbons (Fsp3) is 0.179. The lowest BCUT2D eigenvalue weighted by molar-refractivity contribution is -0.119. The van der Waals surface area contributed by atoms with E-state index in [1.54, 1.807) is 41.3 Å². The van der Waals surface area contributed by atoms with Gasteiger partial charge in [-0.15, -0.1) is 0 Å². The molecular weight excluding hydrogens is 444 g/mol. The predicted octanol–water partition coefficient (Wildman–Crippen LogP) is 4.33. The van der Waals surface area contributed by atoms with Crippen LogP contribution in [0.3, 0.4) is 0 Å². The summed E-state index contributed by atoms with van der Waals surface area (Å²) in [6, 6.07) is 17.3. The molecule has 1 atom stereocenters. The lowest BCUT2D eigenvalue weighted by atomic mass is 9.97. The largest absolute Gasteiger partial charge is 0.484 e. The molecule has 5 rings (SSSR count). The number of anilines is 1. The second-order valence-electron chi connectivity index (χ2n) is 8.84. The number of aryl methyl sites for hydroxylation is 3. The molecule has 0 spiro atoms. The Bertz CT molecular complexity index is 1550. The molecule has 7 heteroatoms. The molecular formula is C28H24N2O5. The van der Waals surface area contributed by atoms with Crippen LogP contribution in [0.2, 0.25) is 0 Å². The van der Waals surface area contributed by atoms with Crippen molar-refractivity contribution in [1.29, 1.82) is 0 Å². The third kappa shape index (κ3) is 3.85. The van der Waals surface area contributed by atoms with E-state index in [9.17, 15) is 14.4 Å². The molecule has 1 unspecified atom stereocenters. The first-order chi connectivity index (χ1) is 16.7. The van der Waals surface area contributed by atoms with Gasteiger partial charge < -0.3 is 14.9 Å². The van der Waals surface area contributed by atoms with Gasteiger partial charge in [0.05, 0.1) is 17.0 Å². The number of fused-ring (bicyclic) bond motifs is 2. The van der Waals surface area contributed by atoms with Gasteiger partial charge in [0.15, 0.2) is 12.0 Å². The van der Waals surface area contributed by atoms with E-state index in [1.807, 2.05) is 45.0 Å². The molecule has 0 aliphatic carbocycles. The summed E-state index contributed by atoms with van der Waals surface area (Å²) in [7, 11) is 0. The van der Waals surface area contributed by atoms with Crippen LogP contribution >= 0.6 is 0 Å². The van der Waals surface area contributed by atoms with E-state index in [-0.39, 0.29) is 23.7 Å². The second-order valence-corrected chi connectivity index (χ2v) is 8.84. The van der Waals surface area contributed by atoms with Crippen LogP contribution < -0.4 is 20.8 Å². The number of hydrogen-bond acceptors (Lipinski definition) is 5. The van der Waals surface area contributed by atoms with Crippen molar-refractivity contribution in [2.24, 2.45) is 5.73 Å². The topological polar surface area (TPSA) is 103 Å². The van der Waals surface area contributed by atoms with Gasteiger partial charge in [0.1, 0.15) is 11.3 Å². The van der Waals surface area contributed by atoms with Crippen molar-refractivity contribution < 1.29 is 18.7 Å². The normalized spacial score (nSPS) is 14.9. The smallest absolute Gasteiger partial charge is 0.295 e. The van der Waals surface area contributed by atoms with Gasteiger partial charge in [0.2, 0.25) is 5.76 Å². The molecule has 0 radical (unpaired) electrons. The molecule has 2 heterocycles. The Labute approximate surface area is 201 Å². The number of amides is 2. The van der Waals surface area contributed by atoms with Gasteiger partial charge in [-0.25, -0.2) is 0 Å². The highest BCUT2D eigenvalue weighted by atomic mass is 16.5. The average molecular weight is 469 g/mol. The lowest BCUT2D eigenvalue weighted by Crippen LogP contribution is -2.29. The summed E-state index contributed by atoms with van der Waals surface area (Å²) >= 11 is 0. The Hall–Kier alpha value is -4.39. The number of rotatable bonds is 5. The van der Waals surface area contributed by atoms with Crippen molar-refractivity contribution in [3.63, 3.8) is 0 Å². The van der Waals surface area contributed by atoms with Crippen molar-refractivity contribution >= 4 is 28.5 Å². The molecule has 1 aromatic heterocycles. The number of nitrogens with two attached hydrogens (primary N) is 1. The molecule has 0 saturated heterocycles. The summed E-state index contributed by atoms with van der Waals surface area (Å²) in [4.78, 5) is 40.1. The minimum Gasteiger partial charge on any atom is -0.484 e. The lowest BCUT2D eigenvalue weighted by Gasteiger charge is -2.26. The first kappa shape index (κ1) is 22.4. The van der Waals surface area contributed by atoms with E-state index in [0.29, 0.717) is 33.5 Å². The van der Waals surface area contributed by atoms with Crippen molar-refractivity contribution in [2.45, 2.75) is 26.8 Å². The fourth-order valence-electron chi connectivity index (χ4n) is 4.44. The van der Waals surface area contributed by atoms with Crippen LogP contribution in [-0.4, -0.2) is 18.4 Å². The zero-order valence-electron chi connectivity index (χ0n) is 19.6. The first-order valence-corrected chi connectivity index (χ1v) is 11.2. The summed E-state index contributed by atoms with van der Waals surface area (Å²) < 4.78 is 11.4. The van der Waals surface area contributed by atoms with E-state index in [0.717, 1.165) is 16.7 Å². The quantitative estimate of drug-likeness (QED) is 0.470. The van der Waals surface area contributed by atoms with Gasteiger partial charge in [-0.3, -0.25) is 19.3 Å². The standard InChI is InChI=1S/C28H24N2O5/c1-15-4-11-22-21(12-15)26(32)24-25(18-6-9-20(10-7-18)34-14-23(29)31)30(28(33)27(24)35-22)19-8-5-16(2)17(3)13-19/h4-13,25H,14H2,1-3H3,(H2,29,31). The van der Waals surface area contributed by atoms with E-state index >= 15 is 0 Å². The van der Waals surface area contributed by atoms with Gasteiger partial charge in [0.25, 0.3) is 11.8 Å². The van der Waals surface area contributed by atoms with Crippen molar-refractivity contribution in [2.75, 3.05) is 11.5 Å². The number of nitrogens with zero attached hydrogens (tertiary/aromatic N) is 1. The highest BCUT2D eigenvalue weighted by Gasteiger charge is 2.43. The number of benzene rings is 3.